The van der Waals surface area contributed by atoms with Crippen molar-refractivity contribution in [2.75, 3.05) is 18.9 Å². The van der Waals surface area contributed by atoms with Crippen LogP contribution in [0.2, 0.25) is 0 Å². The van der Waals surface area contributed by atoms with Gasteiger partial charge in [0.2, 0.25) is 5.95 Å². The van der Waals surface area contributed by atoms with Crippen LogP contribution in [0.25, 0.3) is 0 Å². The molecule has 0 bridgehead atoms. The Morgan fingerprint density at radius 3 is 2.54 bits per heavy atom. The van der Waals surface area contributed by atoms with Gasteiger partial charge in [-0.2, -0.15) is 0 Å². The first-order chi connectivity index (χ1) is 12.6. The minimum atomic E-state index is -0.0961. The highest BCUT2D eigenvalue weighted by Gasteiger charge is 2.13. The van der Waals surface area contributed by atoms with Gasteiger partial charge in [-0.15, -0.1) is 0 Å². The van der Waals surface area contributed by atoms with E-state index in [0.29, 0.717) is 18.1 Å². The molecular weight excluding hydrogens is 326 g/mol. The van der Waals surface area contributed by atoms with Crippen molar-refractivity contribution in [1.29, 1.82) is 0 Å². The summed E-state index contributed by atoms with van der Waals surface area (Å²) in [6, 6.07) is 11.8. The Bertz CT molecular complexity index is 865. The van der Waals surface area contributed by atoms with E-state index < -0.39 is 0 Å². The summed E-state index contributed by atoms with van der Waals surface area (Å²) >= 11 is 0. The Morgan fingerprint density at radius 2 is 1.85 bits per heavy atom. The van der Waals surface area contributed by atoms with E-state index >= 15 is 0 Å². The van der Waals surface area contributed by atoms with Crippen molar-refractivity contribution in [1.82, 2.24) is 19.9 Å². The molecule has 0 aliphatic carbocycles. The zero-order valence-electron chi connectivity index (χ0n) is 14.9. The molecule has 1 aromatic carbocycles. The molecule has 2 aromatic heterocycles. The number of rotatable bonds is 6. The third kappa shape index (κ3) is 4.63. The molecule has 132 valence electrons. The molecule has 0 atom stereocenters. The van der Waals surface area contributed by atoms with Gasteiger partial charge < -0.3 is 10.2 Å². The fourth-order valence-electron chi connectivity index (χ4n) is 2.52. The quantitative estimate of drug-likeness (QED) is 0.741. The molecule has 1 N–H and O–H groups in total. The van der Waals surface area contributed by atoms with Crippen LogP contribution in [-0.2, 0) is 6.42 Å². The van der Waals surface area contributed by atoms with Crippen molar-refractivity contribution in [3.63, 3.8) is 0 Å². The second-order valence-corrected chi connectivity index (χ2v) is 6.12. The first-order valence-electron chi connectivity index (χ1n) is 8.42. The fraction of sp³-hybridized carbons (Fsp3) is 0.200. The van der Waals surface area contributed by atoms with Crippen LogP contribution in [0.4, 0.5) is 11.6 Å². The number of amides is 1. The molecule has 3 rings (SSSR count). The molecule has 0 radical (unpaired) electrons. The zero-order chi connectivity index (χ0) is 18.4. The highest BCUT2D eigenvalue weighted by atomic mass is 16.2. The Labute approximate surface area is 153 Å². The summed E-state index contributed by atoms with van der Waals surface area (Å²) in [6.07, 6.45) is 7.39. The normalized spacial score (nSPS) is 10.4. The van der Waals surface area contributed by atoms with Crippen molar-refractivity contribution in [3.8, 4) is 0 Å². The number of benzene rings is 1. The van der Waals surface area contributed by atoms with Crippen LogP contribution in [0.5, 0.6) is 0 Å². The van der Waals surface area contributed by atoms with E-state index in [1.165, 1.54) is 0 Å². The standard InChI is InChI=1S/C20H21N5O/c1-15-4-3-5-18(12-15)24-20-22-13-17(14-23-20)19(26)25(2)11-8-16-6-9-21-10-7-16/h3-7,9-10,12-14H,8,11H2,1-2H3,(H,22,23,24). The third-order valence-corrected chi connectivity index (χ3v) is 4.00. The lowest BCUT2D eigenvalue weighted by Crippen LogP contribution is -2.29. The number of aromatic nitrogens is 3. The number of carbonyl (C=O) groups excluding carboxylic acids is 1. The molecule has 26 heavy (non-hydrogen) atoms. The predicted octanol–water partition coefficient (Wildman–Crippen LogP) is 3.24. The van der Waals surface area contributed by atoms with Crippen molar-refractivity contribution >= 4 is 17.5 Å². The van der Waals surface area contributed by atoms with Crippen LogP contribution < -0.4 is 5.32 Å². The number of hydrogen-bond donors (Lipinski definition) is 1. The summed E-state index contributed by atoms with van der Waals surface area (Å²) in [7, 11) is 1.78. The van der Waals surface area contributed by atoms with Gasteiger partial charge in [-0.25, -0.2) is 9.97 Å². The second-order valence-electron chi connectivity index (χ2n) is 6.12. The summed E-state index contributed by atoms with van der Waals surface area (Å²) in [5.74, 6) is 0.368. The largest absolute Gasteiger partial charge is 0.341 e. The summed E-state index contributed by atoms with van der Waals surface area (Å²) in [5.41, 5.74) is 3.68. The highest BCUT2D eigenvalue weighted by molar-refractivity contribution is 5.93. The molecule has 6 heteroatoms. The van der Waals surface area contributed by atoms with Gasteiger partial charge >= 0.3 is 0 Å². The lowest BCUT2D eigenvalue weighted by atomic mass is 10.2. The maximum absolute atomic E-state index is 12.5. The number of nitrogens with zero attached hydrogens (tertiary/aromatic N) is 4. The lowest BCUT2D eigenvalue weighted by Gasteiger charge is -2.17. The molecule has 0 saturated carbocycles. The monoisotopic (exact) mass is 347 g/mol. The van der Waals surface area contributed by atoms with E-state index in [4.69, 9.17) is 0 Å². The van der Waals surface area contributed by atoms with Gasteiger partial charge in [0.25, 0.3) is 5.91 Å². The average Bonchev–Trinajstić information content (AvgIpc) is 2.67. The van der Waals surface area contributed by atoms with E-state index in [-0.39, 0.29) is 5.91 Å². The van der Waals surface area contributed by atoms with Crippen molar-refractivity contribution in [2.24, 2.45) is 0 Å². The van der Waals surface area contributed by atoms with Crippen LogP contribution >= 0.6 is 0 Å². The van der Waals surface area contributed by atoms with E-state index in [0.717, 1.165) is 23.2 Å². The molecule has 0 spiro atoms. The number of likely N-dealkylation sites (N-methyl/N-ethyl adjacent to an activating group) is 1. The fourth-order valence-corrected chi connectivity index (χ4v) is 2.52. The molecular formula is C20H21N5O. The maximum atomic E-state index is 12.5. The molecule has 0 saturated heterocycles. The van der Waals surface area contributed by atoms with Gasteiger partial charge in [-0.05, 0) is 48.7 Å². The molecule has 6 nitrogen and oxygen atoms in total. The summed E-state index contributed by atoms with van der Waals surface area (Å²) in [6.45, 7) is 2.64. The van der Waals surface area contributed by atoms with Crippen LogP contribution in [0, 0.1) is 6.92 Å². The average molecular weight is 347 g/mol. The number of aryl methyl sites for hydroxylation is 1. The Hall–Kier alpha value is -3.28. The summed E-state index contributed by atoms with van der Waals surface area (Å²) in [4.78, 5) is 26.7. The molecule has 0 aliphatic rings. The van der Waals surface area contributed by atoms with E-state index in [1.54, 1.807) is 36.7 Å². The Kier molecular flexibility index (Phi) is 5.53. The van der Waals surface area contributed by atoms with Crippen molar-refractivity contribution in [2.45, 2.75) is 13.3 Å². The second kappa shape index (κ2) is 8.20. The summed E-state index contributed by atoms with van der Waals surface area (Å²) in [5, 5.41) is 3.13. The van der Waals surface area contributed by atoms with Gasteiger partial charge in [-0.3, -0.25) is 9.78 Å². The molecule has 2 heterocycles. The number of hydrogen-bond acceptors (Lipinski definition) is 5. The van der Waals surface area contributed by atoms with E-state index in [1.807, 2.05) is 43.3 Å². The number of carbonyl (C=O) groups is 1. The first kappa shape index (κ1) is 17.5. The summed E-state index contributed by atoms with van der Waals surface area (Å²) < 4.78 is 0. The van der Waals surface area contributed by atoms with Gasteiger partial charge in [0, 0.05) is 44.1 Å². The first-order valence-corrected chi connectivity index (χ1v) is 8.42. The number of pyridine rings is 1. The van der Waals surface area contributed by atoms with Gasteiger partial charge in [0.05, 0.1) is 5.56 Å². The topological polar surface area (TPSA) is 71.0 Å². The Morgan fingerprint density at radius 1 is 1.12 bits per heavy atom. The molecule has 0 unspecified atom stereocenters. The molecule has 3 aromatic rings. The molecule has 0 aliphatic heterocycles. The van der Waals surface area contributed by atoms with Crippen molar-refractivity contribution in [3.05, 3.63) is 77.9 Å². The van der Waals surface area contributed by atoms with E-state index in [2.05, 4.69) is 20.3 Å². The smallest absolute Gasteiger partial charge is 0.256 e. The predicted molar refractivity (Wildman–Crippen MR) is 101 cm³/mol. The zero-order valence-corrected chi connectivity index (χ0v) is 14.9. The molecule has 0 fully saturated rings. The van der Waals surface area contributed by atoms with E-state index in [9.17, 15) is 4.79 Å². The van der Waals surface area contributed by atoms with Crippen LogP contribution in [-0.4, -0.2) is 39.4 Å². The van der Waals surface area contributed by atoms with Crippen LogP contribution in [0.1, 0.15) is 21.5 Å². The molecule has 1 amide bonds. The van der Waals surface area contributed by atoms with Gasteiger partial charge in [0.15, 0.2) is 0 Å². The van der Waals surface area contributed by atoms with Crippen molar-refractivity contribution < 1.29 is 4.79 Å². The van der Waals surface area contributed by atoms with Gasteiger partial charge in [-0.1, -0.05) is 12.1 Å². The van der Waals surface area contributed by atoms with Gasteiger partial charge in [0.1, 0.15) is 0 Å². The number of nitrogens with one attached hydrogen (secondary N) is 1. The highest BCUT2D eigenvalue weighted by Crippen LogP contribution is 2.14. The SMILES string of the molecule is Cc1cccc(Nc2ncc(C(=O)N(C)CCc3ccncc3)cn2)c1. The van der Waals surface area contributed by atoms with Crippen LogP contribution in [0.3, 0.4) is 0 Å². The minimum absolute atomic E-state index is 0.0961. The minimum Gasteiger partial charge on any atom is -0.341 e. The van der Waals surface area contributed by atoms with Crippen LogP contribution in [0.15, 0.2) is 61.2 Å². The Balaban J connectivity index is 1.59. The maximum Gasteiger partial charge on any atom is 0.256 e. The third-order valence-electron chi connectivity index (χ3n) is 4.00. The number of anilines is 2. The lowest BCUT2D eigenvalue weighted by molar-refractivity contribution is 0.0796.